The molecule has 1 aromatic carbocycles. The summed E-state index contributed by atoms with van der Waals surface area (Å²) in [5.74, 6) is 2.13. The second kappa shape index (κ2) is 6.73. The van der Waals surface area contributed by atoms with E-state index in [0.29, 0.717) is 18.4 Å². The Labute approximate surface area is 141 Å². The van der Waals surface area contributed by atoms with Gasteiger partial charge in [-0.2, -0.15) is 4.98 Å². The van der Waals surface area contributed by atoms with Crippen LogP contribution in [0.1, 0.15) is 53.7 Å². The van der Waals surface area contributed by atoms with Gasteiger partial charge in [-0.15, -0.1) is 0 Å². The Bertz CT molecular complexity index is 688. The number of hydrogen-bond donors (Lipinski definition) is 1. The number of piperidine rings is 1. The molecule has 4 rings (SSSR count). The largest absolute Gasteiger partial charge is 0.349 e. The Balaban J connectivity index is 1.25. The van der Waals surface area contributed by atoms with E-state index in [9.17, 15) is 4.79 Å². The number of carbonyl (C=O) groups excluding carboxylic acids is 1. The zero-order valence-corrected chi connectivity index (χ0v) is 13.6. The molecule has 1 aromatic heterocycles. The molecule has 126 valence electrons. The van der Waals surface area contributed by atoms with Crippen molar-refractivity contribution in [1.29, 1.82) is 0 Å². The van der Waals surface area contributed by atoms with Crippen LogP contribution in [-0.4, -0.2) is 40.1 Å². The lowest BCUT2D eigenvalue weighted by atomic mass is 10.0. The highest BCUT2D eigenvalue weighted by Gasteiger charge is 2.29. The van der Waals surface area contributed by atoms with E-state index in [1.54, 1.807) is 0 Å². The summed E-state index contributed by atoms with van der Waals surface area (Å²) in [6.07, 6.45) is 4.27. The van der Waals surface area contributed by atoms with E-state index in [-0.39, 0.29) is 11.9 Å². The summed E-state index contributed by atoms with van der Waals surface area (Å²) in [7, 11) is 0. The first-order chi connectivity index (χ1) is 11.8. The molecule has 0 atom stereocenters. The monoisotopic (exact) mass is 326 g/mol. The van der Waals surface area contributed by atoms with Crippen molar-refractivity contribution in [1.82, 2.24) is 20.4 Å². The molecule has 1 aliphatic heterocycles. The Morgan fingerprint density at radius 3 is 2.62 bits per heavy atom. The predicted octanol–water partition coefficient (Wildman–Crippen LogP) is 2.34. The van der Waals surface area contributed by atoms with Gasteiger partial charge in [-0.25, -0.2) is 0 Å². The van der Waals surface area contributed by atoms with E-state index in [1.807, 2.05) is 30.3 Å². The van der Waals surface area contributed by atoms with Crippen molar-refractivity contribution >= 4 is 5.91 Å². The maximum Gasteiger partial charge on any atom is 0.251 e. The minimum Gasteiger partial charge on any atom is -0.349 e. The van der Waals surface area contributed by atoms with Crippen molar-refractivity contribution in [2.24, 2.45) is 0 Å². The molecular formula is C18H22N4O2. The van der Waals surface area contributed by atoms with Crippen molar-refractivity contribution in [3.63, 3.8) is 0 Å². The fourth-order valence-corrected chi connectivity index (χ4v) is 3.12. The molecule has 2 aliphatic rings. The number of benzene rings is 1. The van der Waals surface area contributed by atoms with Crippen molar-refractivity contribution < 1.29 is 9.32 Å². The van der Waals surface area contributed by atoms with Crippen LogP contribution in [-0.2, 0) is 6.54 Å². The first kappa shape index (κ1) is 15.3. The zero-order valence-electron chi connectivity index (χ0n) is 13.6. The molecule has 0 bridgehead atoms. The van der Waals surface area contributed by atoms with Crippen LogP contribution in [0.15, 0.2) is 34.9 Å². The van der Waals surface area contributed by atoms with Gasteiger partial charge in [0.15, 0.2) is 5.82 Å². The second-order valence-electron chi connectivity index (χ2n) is 6.71. The molecule has 0 spiro atoms. The number of nitrogens with one attached hydrogen (secondary N) is 1. The number of amides is 1. The maximum atomic E-state index is 12.2. The first-order valence-corrected chi connectivity index (χ1v) is 8.68. The molecule has 0 unspecified atom stereocenters. The average molecular weight is 326 g/mol. The smallest absolute Gasteiger partial charge is 0.251 e. The highest BCUT2D eigenvalue weighted by atomic mass is 16.5. The minimum atomic E-state index is 0.0139. The maximum absolute atomic E-state index is 12.2. The van der Waals surface area contributed by atoms with Gasteiger partial charge in [-0.1, -0.05) is 23.4 Å². The van der Waals surface area contributed by atoms with Crippen molar-refractivity contribution in [3.8, 4) is 0 Å². The summed E-state index contributed by atoms with van der Waals surface area (Å²) < 4.78 is 5.35. The molecule has 2 fully saturated rings. The lowest BCUT2D eigenvalue weighted by molar-refractivity contribution is 0.0904. The number of carbonyl (C=O) groups is 1. The molecule has 1 saturated heterocycles. The number of hydrogen-bond acceptors (Lipinski definition) is 5. The molecule has 2 aromatic rings. The molecular weight excluding hydrogens is 304 g/mol. The summed E-state index contributed by atoms with van der Waals surface area (Å²) in [5, 5.41) is 7.19. The topological polar surface area (TPSA) is 71.3 Å². The van der Waals surface area contributed by atoms with Crippen LogP contribution in [0, 0.1) is 0 Å². The zero-order chi connectivity index (χ0) is 16.4. The van der Waals surface area contributed by atoms with Gasteiger partial charge in [0.1, 0.15) is 0 Å². The number of rotatable bonds is 5. The standard InChI is InChI=1S/C18H22N4O2/c23-18(14-4-2-1-3-5-14)19-15-8-10-22(11-9-15)12-16-20-17(21-24-16)13-6-7-13/h1-5,13,15H,6-12H2,(H,19,23). The molecule has 1 N–H and O–H groups in total. The lowest BCUT2D eigenvalue weighted by Crippen LogP contribution is -2.44. The van der Waals surface area contributed by atoms with Gasteiger partial charge in [0.2, 0.25) is 5.89 Å². The summed E-state index contributed by atoms with van der Waals surface area (Å²) in [5.41, 5.74) is 0.721. The fraction of sp³-hybridized carbons (Fsp3) is 0.500. The molecule has 1 saturated carbocycles. The Morgan fingerprint density at radius 1 is 1.17 bits per heavy atom. The summed E-state index contributed by atoms with van der Waals surface area (Å²) in [6, 6.07) is 9.62. The Morgan fingerprint density at radius 2 is 1.92 bits per heavy atom. The van der Waals surface area contributed by atoms with Gasteiger partial charge in [0.25, 0.3) is 5.91 Å². The van der Waals surface area contributed by atoms with E-state index in [0.717, 1.165) is 37.3 Å². The van der Waals surface area contributed by atoms with Crippen molar-refractivity contribution in [3.05, 3.63) is 47.6 Å². The van der Waals surface area contributed by atoms with Crippen molar-refractivity contribution in [2.75, 3.05) is 13.1 Å². The number of likely N-dealkylation sites (tertiary alicyclic amines) is 1. The minimum absolute atomic E-state index is 0.0139. The number of nitrogens with zero attached hydrogens (tertiary/aromatic N) is 3. The van der Waals surface area contributed by atoms with E-state index in [1.165, 1.54) is 12.8 Å². The molecule has 1 amide bonds. The SMILES string of the molecule is O=C(NC1CCN(Cc2nc(C3CC3)no2)CC1)c1ccccc1. The van der Waals surface area contributed by atoms with Crippen LogP contribution in [0.5, 0.6) is 0 Å². The van der Waals surface area contributed by atoms with Crippen LogP contribution >= 0.6 is 0 Å². The van der Waals surface area contributed by atoms with E-state index < -0.39 is 0 Å². The number of aromatic nitrogens is 2. The normalized spacial score (nSPS) is 19.3. The van der Waals surface area contributed by atoms with E-state index in [2.05, 4.69) is 20.4 Å². The quantitative estimate of drug-likeness (QED) is 0.913. The van der Waals surface area contributed by atoms with Gasteiger partial charge in [0.05, 0.1) is 6.54 Å². The van der Waals surface area contributed by atoms with Gasteiger partial charge in [-0.05, 0) is 37.8 Å². The fourth-order valence-electron chi connectivity index (χ4n) is 3.12. The van der Waals surface area contributed by atoms with Gasteiger partial charge >= 0.3 is 0 Å². The molecule has 6 nitrogen and oxygen atoms in total. The molecule has 24 heavy (non-hydrogen) atoms. The highest BCUT2D eigenvalue weighted by Crippen LogP contribution is 2.38. The lowest BCUT2D eigenvalue weighted by Gasteiger charge is -2.31. The Kier molecular flexibility index (Phi) is 4.30. The summed E-state index contributed by atoms with van der Waals surface area (Å²) in [4.78, 5) is 19.0. The van der Waals surface area contributed by atoms with E-state index >= 15 is 0 Å². The van der Waals surface area contributed by atoms with Crippen LogP contribution in [0.2, 0.25) is 0 Å². The Hall–Kier alpha value is -2.21. The van der Waals surface area contributed by atoms with Crippen LogP contribution < -0.4 is 5.32 Å². The first-order valence-electron chi connectivity index (χ1n) is 8.68. The van der Waals surface area contributed by atoms with Crippen LogP contribution in [0.3, 0.4) is 0 Å². The molecule has 1 aliphatic carbocycles. The second-order valence-corrected chi connectivity index (χ2v) is 6.71. The third-order valence-electron chi connectivity index (χ3n) is 4.74. The predicted molar refractivity (Wildman–Crippen MR) is 88.5 cm³/mol. The molecule has 2 heterocycles. The molecule has 0 radical (unpaired) electrons. The summed E-state index contributed by atoms with van der Waals surface area (Å²) >= 11 is 0. The summed E-state index contributed by atoms with van der Waals surface area (Å²) in [6.45, 7) is 2.57. The third kappa shape index (κ3) is 3.64. The van der Waals surface area contributed by atoms with Crippen LogP contribution in [0.4, 0.5) is 0 Å². The van der Waals surface area contributed by atoms with Gasteiger partial charge < -0.3 is 9.84 Å². The van der Waals surface area contributed by atoms with E-state index in [4.69, 9.17) is 4.52 Å². The van der Waals surface area contributed by atoms with Crippen LogP contribution in [0.25, 0.3) is 0 Å². The van der Waals surface area contributed by atoms with Gasteiger partial charge in [0, 0.05) is 30.6 Å². The van der Waals surface area contributed by atoms with Gasteiger partial charge in [-0.3, -0.25) is 9.69 Å². The highest BCUT2D eigenvalue weighted by molar-refractivity contribution is 5.94. The van der Waals surface area contributed by atoms with Crippen molar-refractivity contribution in [2.45, 2.75) is 44.2 Å². The average Bonchev–Trinajstić information content (AvgIpc) is 3.37. The third-order valence-corrected chi connectivity index (χ3v) is 4.74. The molecule has 6 heteroatoms.